The Bertz CT molecular complexity index is 2910. The maximum atomic E-state index is 9.87. The van der Waals surface area contributed by atoms with Crippen LogP contribution in [0.15, 0.2) is 170 Å². The Labute approximate surface area is 324 Å². The summed E-state index contributed by atoms with van der Waals surface area (Å²) >= 11 is 0. The van der Waals surface area contributed by atoms with Crippen LogP contribution in [0.4, 0.5) is 0 Å². The molecule has 10 aromatic carbocycles. The van der Waals surface area contributed by atoms with Gasteiger partial charge < -0.3 is 19.7 Å². The number of rotatable bonds is 9. The van der Waals surface area contributed by atoms with Crippen LogP contribution in [-0.2, 0) is 0 Å². The summed E-state index contributed by atoms with van der Waals surface area (Å²) in [4.78, 5) is 0. The summed E-state index contributed by atoms with van der Waals surface area (Å²) in [5.41, 5.74) is 6.36. The molecule has 0 aliphatic rings. The van der Waals surface area contributed by atoms with Crippen LogP contribution in [0.3, 0.4) is 0 Å². The maximum Gasteiger partial charge on any atom is 0.128 e. The minimum Gasteiger partial charge on any atom is -0.491 e. The van der Waals surface area contributed by atoms with Crippen molar-refractivity contribution >= 4 is 64.6 Å². The quantitative estimate of drug-likeness (QED) is 0.145. The van der Waals surface area contributed by atoms with E-state index in [1.807, 2.05) is 12.1 Å². The molecule has 4 nitrogen and oxygen atoms in total. The van der Waals surface area contributed by atoms with Crippen LogP contribution < -0.4 is 9.47 Å². The van der Waals surface area contributed by atoms with Gasteiger partial charge in [-0.3, -0.25) is 0 Å². The van der Waals surface area contributed by atoms with E-state index in [-0.39, 0.29) is 26.4 Å². The fourth-order valence-electron chi connectivity index (χ4n) is 8.61. The van der Waals surface area contributed by atoms with Crippen molar-refractivity contribution in [2.75, 3.05) is 26.4 Å². The van der Waals surface area contributed by atoms with Gasteiger partial charge in [0.2, 0.25) is 0 Å². The second kappa shape index (κ2) is 14.2. The van der Waals surface area contributed by atoms with E-state index in [4.69, 9.17) is 9.47 Å². The van der Waals surface area contributed by atoms with Crippen molar-refractivity contribution in [1.29, 1.82) is 0 Å². The summed E-state index contributed by atoms with van der Waals surface area (Å²) in [6.07, 6.45) is 0. The highest BCUT2D eigenvalue weighted by atomic mass is 16.5. The Hall–Kier alpha value is -6.72. The zero-order chi connectivity index (χ0) is 37.6. The highest BCUT2D eigenvalue weighted by Crippen LogP contribution is 2.48. The third-order valence-corrected chi connectivity index (χ3v) is 11.1. The van der Waals surface area contributed by atoms with Gasteiger partial charge in [-0.05, 0) is 123 Å². The Morgan fingerprint density at radius 1 is 0.321 bits per heavy atom. The summed E-state index contributed by atoms with van der Waals surface area (Å²) in [5.74, 6) is 1.31. The minimum absolute atomic E-state index is 0.113. The van der Waals surface area contributed by atoms with E-state index >= 15 is 0 Å². The van der Waals surface area contributed by atoms with Crippen LogP contribution >= 0.6 is 0 Å². The second-order valence-electron chi connectivity index (χ2n) is 14.3. The molecule has 0 saturated heterocycles. The molecular weight excluding hydrogens is 689 g/mol. The highest BCUT2D eigenvalue weighted by Gasteiger charge is 2.21. The fraction of sp³-hybridized carbons (Fsp3) is 0.0769. The van der Waals surface area contributed by atoms with Gasteiger partial charge in [-0.15, -0.1) is 0 Å². The largest absolute Gasteiger partial charge is 0.491 e. The topological polar surface area (TPSA) is 58.9 Å². The molecule has 56 heavy (non-hydrogen) atoms. The molecule has 0 bridgehead atoms. The van der Waals surface area contributed by atoms with E-state index in [2.05, 4.69) is 158 Å². The molecule has 10 rings (SSSR count). The van der Waals surface area contributed by atoms with Gasteiger partial charge in [0.1, 0.15) is 24.7 Å². The van der Waals surface area contributed by atoms with Crippen LogP contribution in [0.25, 0.3) is 98.0 Å². The van der Waals surface area contributed by atoms with Crippen molar-refractivity contribution < 1.29 is 19.7 Å². The summed E-state index contributed by atoms with van der Waals surface area (Å²) in [7, 11) is 0. The molecule has 0 radical (unpaired) electrons. The summed E-state index contributed by atoms with van der Waals surface area (Å²) in [6.45, 7) is 0.0722. The first-order chi connectivity index (χ1) is 27.7. The number of hydrogen-bond donors (Lipinski definition) is 2. The van der Waals surface area contributed by atoms with E-state index < -0.39 is 0 Å². The lowest BCUT2D eigenvalue weighted by Crippen LogP contribution is -2.05. The lowest BCUT2D eigenvalue weighted by atomic mass is 9.88. The molecule has 0 fully saturated rings. The zero-order valence-corrected chi connectivity index (χ0v) is 30.7. The third-order valence-electron chi connectivity index (χ3n) is 11.1. The molecule has 0 spiro atoms. The molecule has 270 valence electrons. The van der Waals surface area contributed by atoms with Crippen molar-refractivity contribution in [3.8, 4) is 44.9 Å². The zero-order valence-electron chi connectivity index (χ0n) is 30.7. The Morgan fingerprint density at radius 2 is 0.696 bits per heavy atom. The molecule has 2 N–H and O–H groups in total. The molecule has 0 heterocycles. The predicted octanol–water partition coefficient (Wildman–Crippen LogP) is 12.3. The van der Waals surface area contributed by atoms with E-state index in [0.29, 0.717) is 11.5 Å². The first kappa shape index (κ1) is 33.8. The Balaban J connectivity index is 1.19. The Morgan fingerprint density at radius 3 is 1.12 bits per heavy atom. The van der Waals surface area contributed by atoms with E-state index in [0.717, 1.165) is 43.8 Å². The van der Waals surface area contributed by atoms with Crippen molar-refractivity contribution in [3.05, 3.63) is 170 Å². The molecule has 10 aromatic rings. The van der Waals surface area contributed by atoms with Crippen molar-refractivity contribution in [2.45, 2.75) is 0 Å². The molecule has 0 aliphatic heterocycles. The van der Waals surface area contributed by atoms with Crippen molar-refractivity contribution in [2.24, 2.45) is 0 Å². The molecular formula is C52H38O4. The summed E-state index contributed by atoms with van der Waals surface area (Å²) < 4.78 is 12.6. The monoisotopic (exact) mass is 726 g/mol. The number of aliphatic hydroxyl groups excluding tert-OH is 2. The van der Waals surface area contributed by atoms with Gasteiger partial charge in [-0.25, -0.2) is 0 Å². The summed E-state index contributed by atoms with van der Waals surface area (Å²) in [5, 5.41) is 33.6. The van der Waals surface area contributed by atoms with E-state index in [9.17, 15) is 10.2 Å². The fourth-order valence-corrected chi connectivity index (χ4v) is 8.61. The number of aliphatic hydroxyl groups is 2. The van der Waals surface area contributed by atoms with Gasteiger partial charge in [0, 0.05) is 11.1 Å². The first-order valence-electron chi connectivity index (χ1n) is 19.1. The summed E-state index contributed by atoms with van der Waals surface area (Å²) in [6, 6.07) is 60.4. The number of hydrogen-bond acceptors (Lipinski definition) is 4. The molecule has 0 saturated carbocycles. The molecule has 0 atom stereocenters. The van der Waals surface area contributed by atoms with Crippen molar-refractivity contribution in [1.82, 2.24) is 0 Å². The smallest absolute Gasteiger partial charge is 0.128 e. The van der Waals surface area contributed by atoms with Gasteiger partial charge >= 0.3 is 0 Å². The van der Waals surface area contributed by atoms with Gasteiger partial charge in [0.15, 0.2) is 0 Å². The van der Waals surface area contributed by atoms with Gasteiger partial charge in [0.05, 0.1) is 13.2 Å². The lowest BCUT2D eigenvalue weighted by Gasteiger charge is -2.20. The molecule has 0 unspecified atom stereocenters. The average Bonchev–Trinajstić information content (AvgIpc) is 3.26. The second-order valence-corrected chi connectivity index (χ2v) is 14.3. The maximum absolute atomic E-state index is 9.87. The van der Waals surface area contributed by atoms with Gasteiger partial charge in [0.25, 0.3) is 0 Å². The van der Waals surface area contributed by atoms with Crippen LogP contribution in [0, 0.1) is 0 Å². The third kappa shape index (κ3) is 5.70. The standard InChI is InChI=1S/C52H38O4/c53-25-27-55-49-23-19-35-29-37(47-31-33-9-1-3-11-39(33)43-13-5-7-15-45(43)47)17-21-41(35)51(49)52-42-22-18-38(30-36(42)20-24-50(52)56-28-26-54)48-32-34-10-2-4-12-40(34)44-14-6-8-16-46(44)48/h1-24,29-32,53-54H,25-28H2. The van der Waals surface area contributed by atoms with Crippen LogP contribution in [-0.4, -0.2) is 36.6 Å². The number of fused-ring (bicyclic) bond motifs is 8. The predicted molar refractivity (Wildman–Crippen MR) is 233 cm³/mol. The van der Waals surface area contributed by atoms with Crippen molar-refractivity contribution in [3.63, 3.8) is 0 Å². The van der Waals surface area contributed by atoms with Gasteiger partial charge in [-0.2, -0.15) is 0 Å². The van der Waals surface area contributed by atoms with E-state index in [1.165, 1.54) is 54.2 Å². The molecule has 0 amide bonds. The SMILES string of the molecule is OCCOc1ccc2cc(-c3cc4ccccc4c4ccccc34)ccc2c1-c1c(OCCO)ccc2cc(-c3cc4ccccc4c4ccccc34)ccc12. The lowest BCUT2D eigenvalue weighted by molar-refractivity contribution is 0.200. The van der Waals surface area contributed by atoms with Crippen LogP contribution in [0.5, 0.6) is 11.5 Å². The normalized spacial score (nSPS) is 11.7. The minimum atomic E-state index is -0.113. The molecule has 4 heteroatoms. The van der Waals surface area contributed by atoms with Crippen LogP contribution in [0.2, 0.25) is 0 Å². The Kier molecular flexibility index (Phi) is 8.56. The molecule has 0 aromatic heterocycles. The van der Waals surface area contributed by atoms with Gasteiger partial charge in [-0.1, -0.05) is 133 Å². The molecule has 0 aliphatic carbocycles. The number of ether oxygens (including phenoxy) is 2. The average molecular weight is 727 g/mol. The highest BCUT2D eigenvalue weighted by molar-refractivity contribution is 6.17. The first-order valence-corrected chi connectivity index (χ1v) is 19.1. The number of benzene rings is 10. The van der Waals surface area contributed by atoms with Crippen LogP contribution in [0.1, 0.15) is 0 Å². The van der Waals surface area contributed by atoms with E-state index in [1.54, 1.807) is 0 Å².